The molecule has 1 aromatic carbocycles. The van der Waals surface area contributed by atoms with Crippen LogP contribution in [-0.4, -0.2) is 29.7 Å². The number of aromatic carboxylic acids is 1. The third-order valence-electron chi connectivity index (χ3n) is 4.93. The molecular formula is C17H24N2O2. The van der Waals surface area contributed by atoms with E-state index < -0.39 is 5.97 Å². The predicted molar refractivity (Wildman–Crippen MR) is 83.8 cm³/mol. The predicted octanol–water partition coefficient (Wildman–Crippen LogP) is 3.11. The smallest absolute Gasteiger partial charge is 0.337 e. The molecule has 3 rings (SSSR count). The molecule has 1 heterocycles. The van der Waals surface area contributed by atoms with Gasteiger partial charge in [0, 0.05) is 17.8 Å². The fourth-order valence-corrected chi connectivity index (χ4v) is 3.89. The maximum Gasteiger partial charge on any atom is 0.337 e. The number of nitrogens with one attached hydrogen (secondary N) is 2. The van der Waals surface area contributed by atoms with Gasteiger partial charge in [-0.05, 0) is 50.3 Å². The van der Waals surface area contributed by atoms with Crippen molar-refractivity contribution in [2.24, 2.45) is 5.92 Å². The van der Waals surface area contributed by atoms with Crippen LogP contribution in [0.4, 0.5) is 5.69 Å². The summed E-state index contributed by atoms with van der Waals surface area (Å²) in [6.45, 7) is 1.12. The van der Waals surface area contributed by atoms with Crippen molar-refractivity contribution in [3.05, 3.63) is 29.8 Å². The number of carboxylic acid groups (broad SMARTS) is 1. The van der Waals surface area contributed by atoms with Gasteiger partial charge in [-0.15, -0.1) is 0 Å². The van der Waals surface area contributed by atoms with Gasteiger partial charge >= 0.3 is 5.97 Å². The molecule has 1 saturated heterocycles. The number of benzene rings is 1. The molecule has 0 amide bonds. The third-order valence-corrected chi connectivity index (χ3v) is 4.93. The van der Waals surface area contributed by atoms with Crippen molar-refractivity contribution in [2.75, 3.05) is 11.9 Å². The summed E-state index contributed by atoms with van der Waals surface area (Å²) in [5.74, 6) is -0.243. The van der Waals surface area contributed by atoms with Gasteiger partial charge < -0.3 is 15.7 Å². The Kier molecular flexibility index (Phi) is 4.44. The van der Waals surface area contributed by atoms with E-state index in [9.17, 15) is 9.90 Å². The van der Waals surface area contributed by atoms with E-state index >= 15 is 0 Å². The van der Waals surface area contributed by atoms with E-state index in [2.05, 4.69) is 10.6 Å². The Balaban J connectivity index is 1.76. The Morgan fingerprint density at radius 2 is 1.95 bits per heavy atom. The molecule has 1 aromatic rings. The summed E-state index contributed by atoms with van der Waals surface area (Å²) in [7, 11) is 0. The normalized spacial score (nSPS) is 29.2. The highest BCUT2D eigenvalue weighted by atomic mass is 16.4. The van der Waals surface area contributed by atoms with Gasteiger partial charge in [-0.3, -0.25) is 0 Å². The number of para-hydroxylation sites is 1. The van der Waals surface area contributed by atoms with E-state index in [1.54, 1.807) is 12.1 Å². The van der Waals surface area contributed by atoms with Crippen LogP contribution >= 0.6 is 0 Å². The van der Waals surface area contributed by atoms with E-state index in [0.717, 1.165) is 18.7 Å². The first-order valence-corrected chi connectivity index (χ1v) is 8.08. The monoisotopic (exact) mass is 288 g/mol. The highest BCUT2D eigenvalue weighted by Crippen LogP contribution is 2.33. The Morgan fingerprint density at radius 1 is 1.14 bits per heavy atom. The molecule has 0 aromatic heterocycles. The SMILES string of the molecule is O=C(O)c1ccccc1NC1CCCCC1C1CCCN1. The van der Waals surface area contributed by atoms with Crippen LogP contribution in [0.15, 0.2) is 24.3 Å². The van der Waals surface area contributed by atoms with E-state index in [1.165, 1.54) is 32.1 Å². The van der Waals surface area contributed by atoms with Crippen molar-refractivity contribution in [1.29, 1.82) is 0 Å². The van der Waals surface area contributed by atoms with Gasteiger partial charge in [-0.1, -0.05) is 25.0 Å². The highest BCUT2D eigenvalue weighted by molar-refractivity contribution is 5.94. The summed E-state index contributed by atoms with van der Waals surface area (Å²) >= 11 is 0. The van der Waals surface area contributed by atoms with E-state index in [-0.39, 0.29) is 0 Å². The van der Waals surface area contributed by atoms with Crippen LogP contribution in [0, 0.1) is 5.92 Å². The topological polar surface area (TPSA) is 61.4 Å². The molecule has 1 saturated carbocycles. The minimum Gasteiger partial charge on any atom is -0.478 e. The summed E-state index contributed by atoms with van der Waals surface area (Å²) < 4.78 is 0. The van der Waals surface area contributed by atoms with Crippen molar-refractivity contribution >= 4 is 11.7 Å². The molecule has 1 aliphatic carbocycles. The first kappa shape index (κ1) is 14.4. The maximum absolute atomic E-state index is 11.3. The van der Waals surface area contributed by atoms with Crippen molar-refractivity contribution in [3.63, 3.8) is 0 Å². The second-order valence-electron chi connectivity index (χ2n) is 6.25. The minimum atomic E-state index is -0.857. The van der Waals surface area contributed by atoms with E-state index in [0.29, 0.717) is 23.6 Å². The zero-order chi connectivity index (χ0) is 14.7. The third kappa shape index (κ3) is 3.21. The largest absolute Gasteiger partial charge is 0.478 e. The molecular weight excluding hydrogens is 264 g/mol. The quantitative estimate of drug-likeness (QED) is 0.796. The van der Waals surface area contributed by atoms with Crippen molar-refractivity contribution in [3.8, 4) is 0 Å². The van der Waals surface area contributed by atoms with Gasteiger partial charge in [0.1, 0.15) is 0 Å². The zero-order valence-electron chi connectivity index (χ0n) is 12.3. The molecule has 4 nitrogen and oxygen atoms in total. The van der Waals surface area contributed by atoms with E-state index in [4.69, 9.17) is 0 Å². The van der Waals surface area contributed by atoms with Gasteiger partial charge in [0.05, 0.1) is 5.56 Å². The number of hydrogen-bond acceptors (Lipinski definition) is 3. The first-order valence-electron chi connectivity index (χ1n) is 8.08. The maximum atomic E-state index is 11.3. The molecule has 3 atom stereocenters. The number of anilines is 1. The zero-order valence-corrected chi connectivity index (χ0v) is 12.3. The summed E-state index contributed by atoms with van der Waals surface area (Å²) in [5.41, 5.74) is 1.14. The molecule has 21 heavy (non-hydrogen) atoms. The molecule has 2 aliphatic rings. The highest BCUT2D eigenvalue weighted by Gasteiger charge is 2.33. The van der Waals surface area contributed by atoms with Crippen molar-refractivity contribution < 1.29 is 9.90 Å². The fraction of sp³-hybridized carbons (Fsp3) is 0.588. The van der Waals surface area contributed by atoms with Gasteiger partial charge in [0.2, 0.25) is 0 Å². The van der Waals surface area contributed by atoms with E-state index in [1.807, 2.05) is 12.1 Å². The van der Waals surface area contributed by atoms with Gasteiger partial charge in [0.15, 0.2) is 0 Å². The molecule has 1 aliphatic heterocycles. The van der Waals surface area contributed by atoms with Gasteiger partial charge in [-0.25, -0.2) is 4.79 Å². The van der Waals surface area contributed by atoms with Crippen LogP contribution in [0.25, 0.3) is 0 Å². The van der Waals surface area contributed by atoms with Crippen LogP contribution < -0.4 is 10.6 Å². The van der Waals surface area contributed by atoms with Crippen LogP contribution in [0.2, 0.25) is 0 Å². The number of carbonyl (C=O) groups is 1. The number of hydrogen-bond donors (Lipinski definition) is 3. The van der Waals surface area contributed by atoms with Crippen molar-refractivity contribution in [2.45, 2.75) is 50.6 Å². The molecule has 0 radical (unpaired) electrons. The molecule has 4 heteroatoms. The Morgan fingerprint density at radius 3 is 2.71 bits per heavy atom. The molecule has 0 spiro atoms. The lowest BCUT2D eigenvalue weighted by Gasteiger charge is -2.37. The standard InChI is InChI=1S/C17H24N2O2/c20-17(21)13-7-2-4-9-16(13)19-15-8-3-1-6-12(15)14-10-5-11-18-14/h2,4,7,9,12,14-15,18-19H,1,3,5-6,8,10-11H2,(H,20,21). The van der Waals surface area contributed by atoms with Crippen LogP contribution in [0.5, 0.6) is 0 Å². The average Bonchev–Trinajstić information content (AvgIpc) is 3.02. The summed E-state index contributed by atoms with van der Waals surface area (Å²) in [4.78, 5) is 11.3. The molecule has 2 fully saturated rings. The Bertz CT molecular complexity index is 497. The molecule has 0 bridgehead atoms. The summed E-state index contributed by atoms with van der Waals surface area (Å²) in [6, 6.07) is 8.23. The lowest BCUT2D eigenvalue weighted by molar-refractivity contribution is 0.0698. The lowest BCUT2D eigenvalue weighted by atomic mass is 9.79. The molecule has 3 unspecified atom stereocenters. The van der Waals surface area contributed by atoms with Gasteiger partial charge in [0.25, 0.3) is 0 Å². The number of carboxylic acids is 1. The molecule has 114 valence electrons. The fourth-order valence-electron chi connectivity index (χ4n) is 3.89. The first-order chi connectivity index (χ1) is 10.3. The number of rotatable bonds is 4. The minimum absolute atomic E-state index is 0.376. The Labute approximate surface area is 125 Å². The van der Waals surface area contributed by atoms with Crippen LogP contribution in [-0.2, 0) is 0 Å². The van der Waals surface area contributed by atoms with Crippen LogP contribution in [0.3, 0.4) is 0 Å². The summed E-state index contributed by atoms with van der Waals surface area (Å²) in [5, 5.41) is 16.5. The Hall–Kier alpha value is -1.55. The van der Waals surface area contributed by atoms with Crippen LogP contribution in [0.1, 0.15) is 48.9 Å². The second-order valence-corrected chi connectivity index (χ2v) is 6.25. The van der Waals surface area contributed by atoms with Crippen molar-refractivity contribution in [1.82, 2.24) is 5.32 Å². The van der Waals surface area contributed by atoms with Gasteiger partial charge in [-0.2, -0.15) is 0 Å². The lowest BCUT2D eigenvalue weighted by Crippen LogP contribution is -2.43. The molecule has 3 N–H and O–H groups in total. The second kappa shape index (κ2) is 6.48. The average molecular weight is 288 g/mol. The summed E-state index contributed by atoms with van der Waals surface area (Å²) in [6.07, 6.45) is 7.42.